The van der Waals surface area contributed by atoms with Crippen LogP contribution in [0.25, 0.3) is 10.9 Å². The summed E-state index contributed by atoms with van der Waals surface area (Å²) in [6.07, 6.45) is 1.36. The lowest BCUT2D eigenvalue weighted by molar-refractivity contribution is 0.0950. The summed E-state index contributed by atoms with van der Waals surface area (Å²) in [6.45, 7) is 1.97. The van der Waals surface area contributed by atoms with Gasteiger partial charge in [0.15, 0.2) is 10.8 Å². The van der Waals surface area contributed by atoms with E-state index < -0.39 is 5.91 Å². The highest BCUT2D eigenvalue weighted by Gasteiger charge is 2.19. The van der Waals surface area contributed by atoms with Gasteiger partial charge in [0.1, 0.15) is 10.2 Å². The summed E-state index contributed by atoms with van der Waals surface area (Å²) in [6, 6.07) is 7.61. The van der Waals surface area contributed by atoms with Crippen molar-refractivity contribution < 1.29 is 4.79 Å². The van der Waals surface area contributed by atoms with Gasteiger partial charge in [0.25, 0.3) is 5.91 Å². The minimum absolute atomic E-state index is 0.0222. The van der Waals surface area contributed by atoms with Crippen molar-refractivity contribution >= 4 is 75.1 Å². The summed E-state index contributed by atoms with van der Waals surface area (Å²) >= 11 is 23.8. The van der Waals surface area contributed by atoms with E-state index in [2.05, 4.69) is 20.5 Å². The van der Waals surface area contributed by atoms with Crippen LogP contribution in [0.4, 0.5) is 5.69 Å². The zero-order valence-corrected chi connectivity index (χ0v) is 16.7. The number of aromatic nitrogens is 2. The second-order valence-electron chi connectivity index (χ2n) is 5.56. The first kappa shape index (κ1) is 19.6. The largest absolute Gasteiger partial charge is 0.396 e. The molecule has 0 spiro atoms. The molecule has 6 nitrogen and oxygen atoms in total. The second kappa shape index (κ2) is 7.86. The van der Waals surface area contributed by atoms with Gasteiger partial charge in [0.05, 0.1) is 22.4 Å². The lowest BCUT2D eigenvalue weighted by atomic mass is 10.1. The Morgan fingerprint density at radius 3 is 2.59 bits per heavy atom. The molecule has 2 aromatic heterocycles. The molecule has 10 heteroatoms. The third-order valence-electron chi connectivity index (χ3n) is 3.61. The normalized spacial score (nSPS) is 11.3. The Balaban J connectivity index is 1.84. The molecular weight excluding hydrogens is 432 g/mol. The fourth-order valence-electron chi connectivity index (χ4n) is 2.26. The smallest absolute Gasteiger partial charge is 0.291 e. The molecule has 0 aliphatic rings. The number of fused-ring (bicyclic) bond motifs is 1. The number of nitrogens with two attached hydrogens (primary N) is 1. The van der Waals surface area contributed by atoms with E-state index in [4.69, 9.17) is 52.1 Å². The number of amides is 1. The van der Waals surface area contributed by atoms with Crippen molar-refractivity contribution in [2.45, 2.75) is 6.92 Å². The first-order chi connectivity index (χ1) is 12.8. The first-order valence-electron chi connectivity index (χ1n) is 7.48. The van der Waals surface area contributed by atoms with Gasteiger partial charge in [0.2, 0.25) is 0 Å². The Bertz CT molecular complexity index is 1100. The van der Waals surface area contributed by atoms with E-state index in [0.29, 0.717) is 5.56 Å². The maximum Gasteiger partial charge on any atom is 0.291 e. The Morgan fingerprint density at radius 1 is 1.11 bits per heavy atom. The summed E-state index contributed by atoms with van der Waals surface area (Å²) in [4.78, 5) is 20.4. The van der Waals surface area contributed by atoms with E-state index in [1.54, 1.807) is 0 Å². The Morgan fingerprint density at radius 2 is 1.85 bits per heavy atom. The maximum atomic E-state index is 12.2. The molecule has 27 heavy (non-hydrogen) atoms. The standard InChI is InChI=1S/C17H11Cl4N5O/c1-7-2-3-8-5-9(15(20)24-10(8)4-7)6-23-26-17(27)14-11(18)13(22)12(19)16(21)25-14/h2-6H,1H3,(H2,22,25)(H,26,27)/b23-6+. The van der Waals surface area contributed by atoms with Crippen LogP contribution in [-0.2, 0) is 0 Å². The van der Waals surface area contributed by atoms with E-state index in [-0.39, 0.29) is 31.7 Å². The molecule has 1 amide bonds. The average Bonchev–Trinajstić information content (AvgIpc) is 2.63. The van der Waals surface area contributed by atoms with Gasteiger partial charge >= 0.3 is 0 Å². The second-order valence-corrected chi connectivity index (χ2v) is 7.03. The van der Waals surface area contributed by atoms with E-state index in [1.165, 1.54) is 6.21 Å². The molecular formula is C17H11Cl4N5O. The summed E-state index contributed by atoms with van der Waals surface area (Å²) in [5.41, 5.74) is 10.1. The fourth-order valence-corrected chi connectivity index (χ4v) is 3.04. The van der Waals surface area contributed by atoms with Crippen LogP contribution in [0, 0.1) is 6.92 Å². The van der Waals surface area contributed by atoms with Crippen molar-refractivity contribution in [3.8, 4) is 0 Å². The van der Waals surface area contributed by atoms with Gasteiger partial charge in [0, 0.05) is 10.9 Å². The molecule has 138 valence electrons. The SMILES string of the molecule is Cc1ccc2cc(/C=N/NC(=O)c3nc(Cl)c(Cl)c(N)c3Cl)c(Cl)nc2c1. The highest BCUT2D eigenvalue weighted by Crippen LogP contribution is 2.34. The van der Waals surface area contributed by atoms with Crippen molar-refractivity contribution in [2.24, 2.45) is 5.10 Å². The van der Waals surface area contributed by atoms with Crippen LogP contribution in [0.15, 0.2) is 29.4 Å². The molecule has 0 radical (unpaired) electrons. The Hall–Kier alpha value is -2.12. The van der Waals surface area contributed by atoms with Crippen LogP contribution >= 0.6 is 46.4 Å². The van der Waals surface area contributed by atoms with Crippen LogP contribution in [-0.4, -0.2) is 22.1 Å². The predicted molar refractivity (Wildman–Crippen MR) is 110 cm³/mol. The quantitative estimate of drug-likeness (QED) is 0.342. The minimum Gasteiger partial charge on any atom is -0.396 e. The van der Waals surface area contributed by atoms with Crippen molar-refractivity contribution in [2.75, 3.05) is 5.73 Å². The van der Waals surface area contributed by atoms with Gasteiger partial charge in [-0.15, -0.1) is 0 Å². The molecule has 3 aromatic rings. The summed E-state index contributed by atoms with van der Waals surface area (Å²) < 4.78 is 0. The van der Waals surface area contributed by atoms with Crippen LogP contribution in [0.3, 0.4) is 0 Å². The van der Waals surface area contributed by atoms with Gasteiger partial charge in [-0.25, -0.2) is 15.4 Å². The number of carbonyl (C=O) groups excluding carboxylic acids is 1. The van der Waals surface area contributed by atoms with E-state index in [0.717, 1.165) is 16.5 Å². The number of halogens is 4. The third kappa shape index (κ3) is 4.09. The number of rotatable bonds is 3. The topological polar surface area (TPSA) is 93.3 Å². The van der Waals surface area contributed by atoms with E-state index in [9.17, 15) is 4.79 Å². The van der Waals surface area contributed by atoms with Crippen molar-refractivity contribution in [3.63, 3.8) is 0 Å². The van der Waals surface area contributed by atoms with Crippen LogP contribution < -0.4 is 11.2 Å². The molecule has 0 bridgehead atoms. The third-order valence-corrected chi connectivity index (χ3v) is 5.05. The maximum absolute atomic E-state index is 12.2. The molecule has 3 rings (SSSR count). The van der Waals surface area contributed by atoms with Gasteiger partial charge in [-0.05, 0) is 24.6 Å². The molecule has 0 saturated carbocycles. The molecule has 0 aliphatic carbocycles. The zero-order chi connectivity index (χ0) is 19.7. The van der Waals surface area contributed by atoms with Crippen LogP contribution in [0.2, 0.25) is 20.4 Å². The fraction of sp³-hybridized carbons (Fsp3) is 0.0588. The van der Waals surface area contributed by atoms with Crippen LogP contribution in [0.1, 0.15) is 21.6 Å². The van der Waals surface area contributed by atoms with Gasteiger partial charge in [-0.3, -0.25) is 4.79 Å². The van der Waals surface area contributed by atoms with Gasteiger partial charge in [-0.2, -0.15) is 5.10 Å². The number of nitrogens with one attached hydrogen (secondary N) is 1. The molecule has 1 aromatic carbocycles. The monoisotopic (exact) mass is 441 g/mol. The molecule has 0 unspecified atom stereocenters. The van der Waals surface area contributed by atoms with Crippen LogP contribution in [0.5, 0.6) is 0 Å². The lowest BCUT2D eigenvalue weighted by Gasteiger charge is -2.07. The van der Waals surface area contributed by atoms with Gasteiger partial charge in [-0.1, -0.05) is 58.5 Å². The summed E-state index contributed by atoms with van der Waals surface area (Å²) in [5, 5.41) is 4.73. The number of benzene rings is 1. The van der Waals surface area contributed by atoms with E-state index >= 15 is 0 Å². The number of hydrogen-bond donors (Lipinski definition) is 2. The van der Waals surface area contributed by atoms with E-state index in [1.807, 2.05) is 31.2 Å². The van der Waals surface area contributed by atoms with Crippen molar-refractivity contribution in [1.29, 1.82) is 0 Å². The summed E-state index contributed by atoms with van der Waals surface area (Å²) in [5.74, 6) is -0.706. The molecule has 0 aliphatic heterocycles. The number of hydrogen-bond acceptors (Lipinski definition) is 5. The predicted octanol–water partition coefficient (Wildman–Crippen LogP) is 4.90. The van der Waals surface area contributed by atoms with Crippen molar-refractivity contribution in [3.05, 3.63) is 61.4 Å². The lowest BCUT2D eigenvalue weighted by Crippen LogP contribution is -2.20. The highest BCUT2D eigenvalue weighted by atomic mass is 35.5. The first-order valence-corrected chi connectivity index (χ1v) is 8.99. The average molecular weight is 443 g/mol. The molecule has 2 heterocycles. The number of nitrogen functional groups attached to an aromatic ring is 1. The Labute approximate surface area is 174 Å². The number of pyridine rings is 2. The highest BCUT2D eigenvalue weighted by molar-refractivity contribution is 6.46. The molecule has 3 N–H and O–H groups in total. The number of nitrogens with zero attached hydrogens (tertiary/aromatic N) is 3. The number of aryl methyl sites for hydroxylation is 1. The molecule has 0 saturated heterocycles. The zero-order valence-electron chi connectivity index (χ0n) is 13.7. The number of anilines is 1. The number of hydrazone groups is 1. The summed E-state index contributed by atoms with van der Waals surface area (Å²) in [7, 11) is 0. The minimum atomic E-state index is -0.706. The molecule has 0 atom stereocenters. The number of carbonyl (C=O) groups is 1. The Kier molecular flexibility index (Phi) is 5.72. The molecule has 0 fully saturated rings. The van der Waals surface area contributed by atoms with Gasteiger partial charge < -0.3 is 5.73 Å². The van der Waals surface area contributed by atoms with Crippen molar-refractivity contribution in [1.82, 2.24) is 15.4 Å².